The molecule has 0 amide bonds. The van der Waals surface area contributed by atoms with Gasteiger partial charge in [-0.05, 0) is 23.8 Å². The van der Waals surface area contributed by atoms with Crippen molar-refractivity contribution in [1.82, 2.24) is 4.98 Å². The van der Waals surface area contributed by atoms with Crippen LogP contribution < -0.4 is 0 Å². The summed E-state index contributed by atoms with van der Waals surface area (Å²) in [6.45, 7) is 0. The monoisotopic (exact) mass is 209 g/mol. The van der Waals surface area contributed by atoms with Crippen molar-refractivity contribution in [2.24, 2.45) is 0 Å². The van der Waals surface area contributed by atoms with E-state index in [9.17, 15) is 13.2 Å². The van der Waals surface area contributed by atoms with Crippen LogP contribution in [0.2, 0.25) is 0 Å². The van der Waals surface area contributed by atoms with Crippen molar-refractivity contribution >= 4 is 0 Å². The summed E-state index contributed by atoms with van der Waals surface area (Å²) in [6, 6.07) is 6.58. The van der Waals surface area contributed by atoms with Crippen LogP contribution in [0.5, 0.6) is 0 Å². The standard InChI is InChI=1S/C11H6F3N/c12-9-3-1-2-7(4-9)8-5-10(13)11(14)15-6-8/h1-6H. The van der Waals surface area contributed by atoms with Crippen LogP contribution in [-0.4, -0.2) is 4.98 Å². The van der Waals surface area contributed by atoms with Gasteiger partial charge < -0.3 is 0 Å². The molecule has 0 aliphatic heterocycles. The van der Waals surface area contributed by atoms with Crippen molar-refractivity contribution in [3.05, 3.63) is 54.1 Å². The zero-order valence-electron chi connectivity index (χ0n) is 7.55. The number of hydrogen-bond donors (Lipinski definition) is 0. The molecule has 0 saturated carbocycles. The summed E-state index contributed by atoms with van der Waals surface area (Å²) in [7, 11) is 0. The summed E-state index contributed by atoms with van der Waals surface area (Å²) in [5.41, 5.74) is 0.801. The van der Waals surface area contributed by atoms with Crippen LogP contribution in [0.1, 0.15) is 0 Å². The third kappa shape index (κ3) is 1.98. The minimum Gasteiger partial charge on any atom is -0.225 e. The van der Waals surface area contributed by atoms with E-state index < -0.39 is 17.6 Å². The van der Waals surface area contributed by atoms with Crippen molar-refractivity contribution < 1.29 is 13.2 Å². The van der Waals surface area contributed by atoms with E-state index in [1.807, 2.05) is 0 Å². The molecular weight excluding hydrogens is 203 g/mol. The fraction of sp³-hybridized carbons (Fsp3) is 0. The van der Waals surface area contributed by atoms with Gasteiger partial charge in [0.05, 0.1) is 0 Å². The topological polar surface area (TPSA) is 12.9 Å². The van der Waals surface area contributed by atoms with E-state index in [0.717, 1.165) is 12.3 Å². The highest BCUT2D eigenvalue weighted by molar-refractivity contribution is 5.62. The van der Waals surface area contributed by atoms with E-state index in [1.165, 1.54) is 18.2 Å². The van der Waals surface area contributed by atoms with Gasteiger partial charge >= 0.3 is 0 Å². The van der Waals surface area contributed by atoms with Crippen molar-refractivity contribution in [3.8, 4) is 11.1 Å². The van der Waals surface area contributed by atoms with Gasteiger partial charge in [-0.1, -0.05) is 12.1 Å². The summed E-state index contributed by atoms with van der Waals surface area (Å²) < 4.78 is 38.2. The third-order valence-corrected chi connectivity index (χ3v) is 1.95. The van der Waals surface area contributed by atoms with Gasteiger partial charge in [-0.15, -0.1) is 0 Å². The van der Waals surface area contributed by atoms with Crippen LogP contribution in [0.4, 0.5) is 13.2 Å². The Morgan fingerprint density at radius 3 is 2.40 bits per heavy atom. The van der Waals surface area contributed by atoms with Gasteiger partial charge in [0.15, 0.2) is 5.82 Å². The Balaban J connectivity index is 2.50. The van der Waals surface area contributed by atoms with Gasteiger partial charge in [0.1, 0.15) is 5.82 Å². The molecule has 0 atom stereocenters. The Hall–Kier alpha value is -1.84. The van der Waals surface area contributed by atoms with Crippen molar-refractivity contribution in [3.63, 3.8) is 0 Å². The smallest absolute Gasteiger partial charge is 0.225 e. The fourth-order valence-corrected chi connectivity index (χ4v) is 1.25. The van der Waals surface area contributed by atoms with Crippen LogP contribution in [0.3, 0.4) is 0 Å². The molecule has 0 unspecified atom stereocenters. The lowest BCUT2D eigenvalue weighted by molar-refractivity contribution is 0.480. The van der Waals surface area contributed by atoms with Gasteiger partial charge in [-0.3, -0.25) is 0 Å². The van der Waals surface area contributed by atoms with Gasteiger partial charge in [0, 0.05) is 11.8 Å². The number of benzene rings is 1. The van der Waals surface area contributed by atoms with Gasteiger partial charge in [0.25, 0.3) is 0 Å². The average molecular weight is 209 g/mol. The predicted molar refractivity (Wildman–Crippen MR) is 49.5 cm³/mol. The molecule has 0 spiro atoms. The Labute approximate surface area is 84.2 Å². The highest BCUT2D eigenvalue weighted by Gasteiger charge is 2.06. The molecule has 0 aliphatic rings. The molecule has 0 N–H and O–H groups in total. The second-order valence-corrected chi connectivity index (χ2v) is 3.01. The van der Waals surface area contributed by atoms with E-state index in [4.69, 9.17) is 0 Å². The lowest BCUT2D eigenvalue weighted by Gasteiger charge is -2.01. The van der Waals surface area contributed by atoms with Crippen molar-refractivity contribution in [2.75, 3.05) is 0 Å². The lowest BCUT2D eigenvalue weighted by Crippen LogP contribution is -1.90. The molecule has 15 heavy (non-hydrogen) atoms. The molecule has 1 heterocycles. The van der Waals surface area contributed by atoms with E-state index in [-0.39, 0.29) is 0 Å². The molecule has 76 valence electrons. The molecule has 0 saturated heterocycles. The molecule has 0 bridgehead atoms. The number of rotatable bonds is 1. The summed E-state index contributed by atoms with van der Waals surface area (Å²) in [4.78, 5) is 3.22. The highest BCUT2D eigenvalue weighted by Crippen LogP contribution is 2.20. The Morgan fingerprint density at radius 2 is 1.73 bits per heavy atom. The maximum atomic E-state index is 12.8. The number of pyridine rings is 1. The van der Waals surface area contributed by atoms with Crippen molar-refractivity contribution in [2.45, 2.75) is 0 Å². The van der Waals surface area contributed by atoms with Gasteiger partial charge in [0.2, 0.25) is 5.95 Å². The quantitative estimate of drug-likeness (QED) is 0.657. The van der Waals surface area contributed by atoms with Gasteiger partial charge in [-0.2, -0.15) is 4.39 Å². The number of hydrogen-bond acceptors (Lipinski definition) is 1. The molecular formula is C11H6F3N. The maximum absolute atomic E-state index is 12.8. The van der Waals surface area contributed by atoms with E-state index >= 15 is 0 Å². The van der Waals surface area contributed by atoms with Crippen LogP contribution in [-0.2, 0) is 0 Å². The molecule has 1 aromatic heterocycles. The summed E-state index contributed by atoms with van der Waals surface area (Å²) in [5.74, 6) is -2.64. The average Bonchev–Trinajstić information content (AvgIpc) is 2.22. The number of nitrogens with zero attached hydrogens (tertiary/aromatic N) is 1. The minimum atomic E-state index is -1.16. The van der Waals surface area contributed by atoms with Crippen LogP contribution >= 0.6 is 0 Å². The Bertz CT molecular complexity index is 497. The summed E-state index contributed by atoms with van der Waals surface area (Å²) >= 11 is 0. The summed E-state index contributed by atoms with van der Waals surface area (Å²) in [6.07, 6.45) is 1.16. The van der Waals surface area contributed by atoms with Crippen LogP contribution in [0.15, 0.2) is 36.5 Å². The maximum Gasteiger partial charge on any atom is 0.248 e. The molecule has 0 aliphatic carbocycles. The number of halogens is 3. The Kier molecular flexibility index (Phi) is 2.41. The van der Waals surface area contributed by atoms with E-state index in [1.54, 1.807) is 6.07 Å². The van der Waals surface area contributed by atoms with E-state index in [0.29, 0.717) is 11.1 Å². The second-order valence-electron chi connectivity index (χ2n) is 3.01. The second kappa shape index (κ2) is 3.73. The largest absolute Gasteiger partial charge is 0.248 e. The lowest BCUT2D eigenvalue weighted by atomic mass is 10.1. The normalized spacial score (nSPS) is 10.3. The Morgan fingerprint density at radius 1 is 0.933 bits per heavy atom. The molecule has 0 fully saturated rings. The first-order chi connectivity index (χ1) is 7.16. The fourth-order valence-electron chi connectivity index (χ4n) is 1.25. The molecule has 1 nitrogen and oxygen atoms in total. The highest BCUT2D eigenvalue weighted by atomic mass is 19.2. The first kappa shape index (κ1) is 9.71. The van der Waals surface area contributed by atoms with E-state index in [2.05, 4.69) is 4.98 Å². The van der Waals surface area contributed by atoms with Crippen LogP contribution in [0, 0.1) is 17.6 Å². The predicted octanol–water partition coefficient (Wildman–Crippen LogP) is 3.17. The third-order valence-electron chi connectivity index (χ3n) is 1.95. The first-order valence-corrected chi connectivity index (χ1v) is 4.24. The molecule has 2 rings (SSSR count). The molecule has 4 heteroatoms. The van der Waals surface area contributed by atoms with Gasteiger partial charge in [-0.25, -0.2) is 13.8 Å². The first-order valence-electron chi connectivity index (χ1n) is 4.24. The zero-order chi connectivity index (χ0) is 10.8. The molecule has 0 radical (unpaired) electrons. The molecule has 1 aromatic carbocycles. The minimum absolute atomic E-state index is 0.341. The van der Waals surface area contributed by atoms with Crippen LogP contribution in [0.25, 0.3) is 11.1 Å². The summed E-state index contributed by atoms with van der Waals surface area (Å²) in [5, 5.41) is 0. The molecule has 2 aromatic rings. The number of aromatic nitrogens is 1. The zero-order valence-corrected chi connectivity index (χ0v) is 7.55. The SMILES string of the molecule is Fc1cccc(-c2cnc(F)c(F)c2)c1. The van der Waals surface area contributed by atoms with Crippen molar-refractivity contribution in [1.29, 1.82) is 0 Å².